The van der Waals surface area contributed by atoms with Crippen molar-refractivity contribution in [2.75, 3.05) is 38.2 Å². The maximum atomic E-state index is 13.2. The number of imide groups is 1. The molecule has 9 nitrogen and oxygen atoms in total. The second-order valence-corrected chi connectivity index (χ2v) is 9.38. The molecule has 180 valence electrons. The molecule has 2 saturated heterocycles. The van der Waals surface area contributed by atoms with Gasteiger partial charge < -0.3 is 19.9 Å². The Morgan fingerprint density at radius 3 is 2.26 bits per heavy atom. The van der Waals surface area contributed by atoms with E-state index in [2.05, 4.69) is 33.5 Å². The first-order valence-corrected chi connectivity index (χ1v) is 11.4. The number of anilines is 1. The van der Waals surface area contributed by atoms with Crippen LogP contribution in [0.3, 0.4) is 0 Å². The number of aryl methyl sites for hydroxylation is 2. The third-order valence-corrected chi connectivity index (χ3v) is 6.90. The summed E-state index contributed by atoms with van der Waals surface area (Å²) in [5.74, 6) is 0.407. The summed E-state index contributed by atoms with van der Waals surface area (Å²) in [5.41, 5.74) is 0.912. The van der Waals surface area contributed by atoms with Gasteiger partial charge >= 0.3 is 6.03 Å². The molecule has 2 fully saturated rings. The number of aromatic nitrogens is 1. The molecular formula is C25H31N5O4. The maximum Gasteiger partial charge on any atom is 0.322 e. The van der Waals surface area contributed by atoms with Crippen molar-refractivity contribution in [3.05, 3.63) is 58.8 Å². The zero-order valence-electron chi connectivity index (χ0n) is 20.3. The maximum absolute atomic E-state index is 13.2. The number of urea groups is 1. The van der Waals surface area contributed by atoms with E-state index in [0.29, 0.717) is 37.3 Å². The molecule has 1 aromatic heterocycles. The number of pyridine rings is 1. The zero-order valence-corrected chi connectivity index (χ0v) is 20.3. The van der Waals surface area contributed by atoms with E-state index >= 15 is 0 Å². The summed E-state index contributed by atoms with van der Waals surface area (Å²) in [6.45, 7) is 10.2. The van der Waals surface area contributed by atoms with Crippen LogP contribution in [0.4, 0.5) is 10.6 Å². The smallest absolute Gasteiger partial charge is 0.322 e. The van der Waals surface area contributed by atoms with Gasteiger partial charge in [0.15, 0.2) is 5.54 Å². The molecule has 2 aromatic rings. The molecule has 1 aromatic carbocycles. The third kappa shape index (κ3) is 3.90. The average Bonchev–Trinajstić information content (AvgIpc) is 3.14. The Hall–Kier alpha value is -3.46. The van der Waals surface area contributed by atoms with E-state index in [1.54, 1.807) is 38.1 Å². The molecule has 4 amide bonds. The van der Waals surface area contributed by atoms with E-state index < -0.39 is 23.1 Å². The van der Waals surface area contributed by atoms with E-state index in [4.69, 9.17) is 4.74 Å². The third-order valence-electron chi connectivity index (χ3n) is 6.90. The molecule has 3 heterocycles. The molecule has 1 unspecified atom stereocenters. The summed E-state index contributed by atoms with van der Waals surface area (Å²) in [5, 5.41) is 5.04. The molecule has 0 spiro atoms. The number of piperazine rings is 1. The summed E-state index contributed by atoms with van der Waals surface area (Å²) < 4.78 is 5.57. The predicted molar refractivity (Wildman–Crippen MR) is 128 cm³/mol. The fourth-order valence-corrected chi connectivity index (χ4v) is 4.79. The number of methoxy groups -OCH3 is 1. The van der Waals surface area contributed by atoms with Crippen LogP contribution in [-0.4, -0.2) is 66.6 Å². The monoisotopic (exact) mass is 465 g/mol. The Morgan fingerprint density at radius 1 is 1.09 bits per heavy atom. The van der Waals surface area contributed by atoms with E-state index in [-0.39, 0.29) is 5.91 Å². The lowest BCUT2D eigenvalue weighted by atomic mass is 9.76. The van der Waals surface area contributed by atoms with Crippen molar-refractivity contribution in [2.24, 2.45) is 0 Å². The van der Waals surface area contributed by atoms with Gasteiger partial charge in [-0.3, -0.25) is 14.9 Å². The normalized spacial score (nSPS) is 20.9. The average molecular weight is 466 g/mol. The first kappa shape index (κ1) is 23.7. The van der Waals surface area contributed by atoms with Gasteiger partial charge in [0.25, 0.3) is 11.8 Å². The van der Waals surface area contributed by atoms with Gasteiger partial charge in [0, 0.05) is 45.0 Å². The Balaban J connectivity index is 1.49. The lowest BCUT2D eigenvalue weighted by Gasteiger charge is -2.40. The second kappa shape index (κ2) is 8.72. The molecule has 0 aliphatic carbocycles. The molecule has 2 N–H and O–H groups in total. The number of benzene rings is 1. The molecule has 2 aliphatic rings. The Morgan fingerprint density at radius 2 is 1.74 bits per heavy atom. The van der Waals surface area contributed by atoms with Gasteiger partial charge in [-0.25, -0.2) is 9.78 Å². The number of carbonyl (C=O) groups is 3. The highest BCUT2D eigenvalue weighted by atomic mass is 16.5. The summed E-state index contributed by atoms with van der Waals surface area (Å²) >= 11 is 0. The lowest BCUT2D eigenvalue weighted by Crippen LogP contribution is -2.60. The minimum atomic E-state index is -1.40. The van der Waals surface area contributed by atoms with Crippen molar-refractivity contribution in [3.8, 4) is 0 Å². The number of hydrogen-bond acceptors (Lipinski definition) is 6. The van der Waals surface area contributed by atoms with Crippen LogP contribution in [0.5, 0.6) is 0 Å². The number of amides is 4. The zero-order chi connectivity index (χ0) is 24.7. The number of ether oxygens (including phenoxy) is 1. The Kier molecular flexibility index (Phi) is 6.07. The Bertz CT molecular complexity index is 1120. The van der Waals surface area contributed by atoms with Crippen LogP contribution in [0.2, 0.25) is 0 Å². The van der Waals surface area contributed by atoms with E-state index in [9.17, 15) is 14.4 Å². The van der Waals surface area contributed by atoms with Crippen LogP contribution in [0, 0.1) is 13.8 Å². The molecular weight excluding hydrogens is 434 g/mol. The quantitative estimate of drug-likeness (QED) is 0.656. The summed E-state index contributed by atoms with van der Waals surface area (Å²) in [7, 11) is 1.49. The van der Waals surface area contributed by atoms with Gasteiger partial charge in [0.1, 0.15) is 5.82 Å². The molecule has 34 heavy (non-hydrogen) atoms. The van der Waals surface area contributed by atoms with Crippen LogP contribution in [0.1, 0.15) is 40.9 Å². The van der Waals surface area contributed by atoms with Crippen molar-refractivity contribution >= 4 is 23.7 Å². The fraction of sp³-hybridized carbons (Fsp3) is 0.440. The van der Waals surface area contributed by atoms with Crippen LogP contribution >= 0.6 is 0 Å². The van der Waals surface area contributed by atoms with Gasteiger partial charge in [-0.05, 0) is 56.5 Å². The van der Waals surface area contributed by atoms with E-state index in [1.807, 2.05) is 18.0 Å². The molecule has 2 aliphatic heterocycles. The standard InChI is InChI=1S/C25H31N5O4/c1-16-14-17(2)20(26-15-16)29-10-12-30(13-11-29)21(31)18-6-8-19(9-7-18)25(24(3,4)34-5)22(32)27-23(33)28-25/h6-9,14-15H,10-13H2,1-5H3,(H2,27,28,32,33). The van der Waals surface area contributed by atoms with Crippen molar-refractivity contribution in [3.63, 3.8) is 0 Å². The van der Waals surface area contributed by atoms with E-state index in [0.717, 1.165) is 16.9 Å². The SMILES string of the molecule is COC(C)(C)C1(c2ccc(C(=O)N3CCN(c4ncc(C)cc4C)CC3)cc2)NC(=O)NC1=O. The highest BCUT2D eigenvalue weighted by molar-refractivity contribution is 6.08. The van der Waals surface area contributed by atoms with Gasteiger partial charge in [-0.1, -0.05) is 18.2 Å². The minimum Gasteiger partial charge on any atom is -0.375 e. The van der Waals surface area contributed by atoms with Gasteiger partial charge in [0.05, 0.1) is 5.60 Å². The van der Waals surface area contributed by atoms with Gasteiger partial charge in [-0.2, -0.15) is 0 Å². The topological polar surface area (TPSA) is 104 Å². The molecule has 0 bridgehead atoms. The van der Waals surface area contributed by atoms with Crippen molar-refractivity contribution in [1.82, 2.24) is 20.5 Å². The summed E-state index contributed by atoms with van der Waals surface area (Å²) in [6.07, 6.45) is 1.87. The second-order valence-electron chi connectivity index (χ2n) is 9.38. The van der Waals surface area contributed by atoms with E-state index in [1.165, 1.54) is 7.11 Å². The first-order valence-electron chi connectivity index (χ1n) is 11.4. The minimum absolute atomic E-state index is 0.0697. The number of hydrogen-bond donors (Lipinski definition) is 2. The molecule has 0 saturated carbocycles. The number of nitrogens with zero attached hydrogens (tertiary/aromatic N) is 3. The van der Waals surface area contributed by atoms with Gasteiger partial charge in [-0.15, -0.1) is 0 Å². The van der Waals surface area contributed by atoms with Crippen LogP contribution in [-0.2, 0) is 15.1 Å². The lowest BCUT2D eigenvalue weighted by molar-refractivity contribution is -0.136. The molecule has 4 rings (SSSR count). The molecule has 0 radical (unpaired) electrons. The van der Waals surface area contributed by atoms with Crippen molar-refractivity contribution < 1.29 is 19.1 Å². The van der Waals surface area contributed by atoms with Crippen LogP contribution < -0.4 is 15.5 Å². The number of nitrogens with one attached hydrogen (secondary N) is 2. The Labute approximate surface area is 199 Å². The molecule has 9 heteroatoms. The van der Waals surface area contributed by atoms with Crippen LogP contribution in [0.25, 0.3) is 0 Å². The summed E-state index contributed by atoms with van der Waals surface area (Å²) in [6, 6.07) is 8.34. The van der Waals surface area contributed by atoms with Crippen molar-refractivity contribution in [1.29, 1.82) is 0 Å². The first-order chi connectivity index (χ1) is 16.1. The number of rotatable bonds is 5. The highest BCUT2D eigenvalue weighted by Gasteiger charge is 2.58. The van der Waals surface area contributed by atoms with Crippen LogP contribution in [0.15, 0.2) is 36.5 Å². The van der Waals surface area contributed by atoms with Crippen molar-refractivity contribution in [2.45, 2.75) is 38.8 Å². The summed E-state index contributed by atoms with van der Waals surface area (Å²) in [4.78, 5) is 46.6. The predicted octanol–water partition coefficient (Wildman–Crippen LogP) is 2.12. The highest BCUT2D eigenvalue weighted by Crippen LogP contribution is 2.38. The largest absolute Gasteiger partial charge is 0.375 e. The number of carbonyl (C=O) groups excluding carboxylic acids is 3. The van der Waals surface area contributed by atoms with Gasteiger partial charge in [0.2, 0.25) is 0 Å². The fourth-order valence-electron chi connectivity index (χ4n) is 4.79. The molecule has 1 atom stereocenters.